The lowest BCUT2D eigenvalue weighted by molar-refractivity contribution is -0.138. The summed E-state index contributed by atoms with van der Waals surface area (Å²) >= 11 is 5.45. The van der Waals surface area contributed by atoms with Crippen LogP contribution in [0.15, 0.2) is 18.2 Å². The SMILES string of the molecule is N#C[C@@H](CCCCl)c1ccc(F)cc1C(F)(F)F. The Morgan fingerprint density at radius 3 is 2.50 bits per heavy atom. The van der Waals surface area contributed by atoms with Gasteiger partial charge in [0.2, 0.25) is 0 Å². The van der Waals surface area contributed by atoms with Crippen LogP contribution in [0.5, 0.6) is 0 Å². The molecule has 0 saturated heterocycles. The van der Waals surface area contributed by atoms with Gasteiger partial charge in [0.25, 0.3) is 0 Å². The minimum absolute atomic E-state index is 0.198. The quantitative estimate of drug-likeness (QED) is 0.589. The molecule has 6 heteroatoms. The third-order valence-electron chi connectivity index (χ3n) is 2.48. The van der Waals surface area contributed by atoms with Gasteiger partial charge >= 0.3 is 6.18 Å². The van der Waals surface area contributed by atoms with Crippen molar-refractivity contribution in [2.75, 3.05) is 5.88 Å². The van der Waals surface area contributed by atoms with E-state index in [4.69, 9.17) is 16.9 Å². The zero-order valence-corrected chi connectivity index (χ0v) is 10.0. The summed E-state index contributed by atoms with van der Waals surface area (Å²) in [6, 6.07) is 4.16. The summed E-state index contributed by atoms with van der Waals surface area (Å²) in [5, 5.41) is 8.91. The predicted octanol–water partition coefficient (Wildman–Crippen LogP) is 4.47. The van der Waals surface area contributed by atoms with E-state index in [9.17, 15) is 17.6 Å². The van der Waals surface area contributed by atoms with Gasteiger partial charge in [-0.05, 0) is 30.5 Å². The highest BCUT2D eigenvalue weighted by Gasteiger charge is 2.35. The van der Waals surface area contributed by atoms with E-state index < -0.39 is 23.5 Å². The van der Waals surface area contributed by atoms with Gasteiger partial charge in [-0.1, -0.05) is 6.07 Å². The van der Waals surface area contributed by atoms with E-state index >= 15 is 0 Å². The van der Waals surface area contributed by atoms with E-state index in [1.54, 1.807) is 6.07 Å². The first-order valence-corrected chi connectivity index (χ1v) is 5.75. The molecule has 0 fully saturated rings. The number of nitrogens with zero attached hydrogens (tertiary/aromatic N) is 1. The first-order valence-electron chi connectivity index (χ1n) is 5.22. The van der Waals surface area contributed by atoms with Gasteiger partial charge < -0.3 is 0 Å². The van der Waals surface area contributed by atoms with Crippen molar-refractivity contribution in [3.05, 3.63) is 35.1 Å². The number of rotatable bonds is 4. The molecule has 1 aromatic rings. The molecule has 0 N–H and O–H groups in total. The van der Waals surface area contributed by atoms with Gasteiger partial charge in [-0.25, -0.2) is 4.39 Å². The van der Waals surface area contributed by atoms with Crippen molar-refractivity contribution >= 4 is 11.6 Å². The van der Waals surface area contributed by atoms with Crippen molar-refractivity contribution in [1.29, 1.82) is 5.26 Å². The van der Waals surface area contributed by atoms with Crippen molar-refractivity contribution < 1.29 is 17.6 Å². The largest absolute Gasteiger partial charge is 0.416 e. The highest BCUT2D eigenvalue weighted by molar-refractivity contribution is 6.17. The Kier molecular flexibility index (Phi) is 4.97. The highest BCUT2D eigenvalue weighted by atomic mass is 35.5. The van der Waals surface area contributed by atoms with Crippen LogP contribution in [0.4, 0.5) is 17.6 Å². The molecule has 0 aliphatic carbocycles. The molecular formula is C12H10ClF4N. The van der Waals surface area contributed by atoms with Gasteiger partial charge in [-0.3, -0.25) is 0 Å². The summed E-state index contributed by atoms with van der Waals surface area (Å²) in [4.78, 5) is 0. The number of halogens is 5. The van der Waals surface area contributed by atoms with E-state index in [0.29, 0.717) is 12.5 Å². The maximum atomic E-state index is 12.9. The van der Waals surface area contributed by atoms with Crippen molar-refractivity contribution in [3.8, 4) is 6.07 Å². The number of hydrogen-bond acceptors (Lipinski definition) is 1. The first kappa shape index (κ1) is 14.8. The minimum Gasteiger partial charge on any atom is -0.207 e. The standard InChI is InChI=1S/C12H10ClF4N/c13-5-1-2-8(7-18)10-4-3-9(14)6-11(10)12(15,16)17/h3-4,6,8H,1-2,5H2/t8-/m1/s1. The average Bonchev–Trinajstić information content (AvgIpc) is 2.30. The lowest BCUT2D eigenvalue weighted by atomic mass is 9.91. The second-order valence-corrected chi connectivity index (χ2v) is 4.12. The van der Waals surface area contributed by atoms with Crippen molar-refractivity contribution in [3.63, 3.8) is 0 Å². The van der Waals surface area contributed by atoms with Crippen molar-refractivity contribution in [2.45, 2.75) is 24.9 Å². The summed E-state index contributed by atoms with van der Waals surface area (Å²) in [7, 11) is 0. The summed E-state index contributed by atoms with van der Waals surface area (Å²) < 4.78 is 51.1. The molecule has 18 heavy (non-hydrogen) atoms. The molecule has 0 aliphatic heterocycles. The van der Waals surface area contributed by atoms with Crippen LogP contribution < -0.4 is 0 Å². The summed E-state index contributed by atoms with van der Waals surface area (Å²) in [6.45, 7) is 0. The molecule has 1 atom stereocenters. The third-order valence-corrected chi connectivity index (χ3v) is 2.75. The Hall–Kier alpha value is -1.28. The molecule has 0 spiro atoms. The fourth-order valence-corrected chi connectivity index (χ4v) is 1.80. The van der Waals surface area contributed by atoms with E-state index in [1.807, 2.05) is 0 Å². The van der Waals surface area contributed by atoms with Gasteiger partial charge in [0.15, 0.2) is 0 Å². The monoisotopic (exact) mass is 279 g/mol. The van der Waals surface area contributed by atoms with Crippen LogP contribution in [-0.2, 0) is 6.18 Å². The summed E-state index contributed by atoms with van der Waals surface area (Å²) in [5.74, 6) is -1.64. The van der Waals surface area contributed by atoms with Crippen LogP contribution in [0.2, 0.25) is 0 Å². The smallest absolute Gasteiger partial charge is 0.207 e. The lowest BCUT2D eigenvalue weighted by Crippen LogP contribution is -2.12. The van der Waals surface area contributed by atoms with E-state index in [1.165, 1.54) is 0 Å². The van der Waals surface area contributed by atoms with Crippen LogP contribution in [0.1, 0.15) is 29.9 Å². The molecular weight excluding hydrogens is 270 g/mol. The molecule has 0 amide bonds. The average molecular weight is 280 g/mol. The number of nitriles is 1. The fraction of sp³-hybridized carbons (Fsp3) is 0.417. The van der Waals surface area contributed by atoms with Crippen molar-refractivity contribution in [1.82, 2.24) is 0 Å². The Morgan fingerprint density at radius 1 is 1.33 bits per heavy atom. The molecule has 0 radical (unpaired) electrons. The van der Waals surface area contributed by atoms with E-state index in [0.717, 1.165) is 12.1 Å². The maximum absolute atomic E-state index is 12.9. The topological polar surface area (TPSA) is 23.8 Å². The second-order valence-electron chi connectivity index (χ2n) is 3.74. The summed E-state index contributed by atoms with van der Waals surface area (Å²) in [6.07, 6.45) is -4.03. The molecule has 1 rings (SSSR count). The molecule has 0 unspecified atom stereocenters. The number of benzene rings is 1. The van der Waals surface area contributed by atoms with Crippen LogP contribution in [-0.4, -0.2) is 5.88 Å². The van der Waals surface area contributed by atoms with Gasteiger partial charge in [-0.2, -0.15) is 18.4 Å². The molecule has 0 aliphatic rings. The zero-order chi connectivity index (χ0) is 13.8. The van der Waals surface area contributed by atoms with E-state index in [-0.39, 0.29) is 17.9 Å². The van der Waals surface area contributed by atoms with E-state index in [2.05, 4.69) is 0 Å². The van der Waals surface area contributed by atoms with Crippen LogP contribution in [0, 0.1) is 17.1 Å². The molecule has 1 nitrogen and oxygen atoms in total. The fourth-order valence-electron chi connectivity index (χ4n) is 1.65. The zero-order valence-electron chi connectivity index (χ0n) is 9.27. The Labute approximate surface area is 107 Å². The lowest BCUT2D eigenvalue weighted by Gasteiger charge is -2.16. The van der Waals surface area contributed by atoms with Crippen LogP contribution >= 0.6 is 11.6 Å². The third kappa shape index (κ3) is 3.61. The normalized spacial score (nSPS) is 13.1. The Balaban J connectivity index is 3.18. The molecule has 0 heterocycles. The van der Waals surface area contributed by atoms with Crippen LogP contribution in [0.25, 0.3) is 0 Å². The molecule has 0 saturated carbocycles. The Bertz CT molecular complexity index is 450. The molecule has 0 bridgehead atoms. The number of alkyl halides is 4. The second kappa shape index (κ2) is 6.05. The summed E-state index contributed by atoms with van der Waals surface area (Å²) in [5.41, 5.74) is -1.29. The molecule has 98 valence electrons. The van der Waals surface area contributed by atoms with Gasteiger partial charge in [-0.15, -0.1) is 11.6 Å². The maximum Gasteiger partial charge on any atom is 0.416 e. The minimum atomic E-state index is -4.67. The predicted molar refractivity (Wildman–Crippen MR) is 59.7 cm³/mol. The highest BCUT2D eigenvalue weighted by Crippen LogP contribution is 2.36. The Morgan fingerprint density at radius 2 is 2.00 bits per heavy atom. The first-order chi connectivity index (χ1) is 8.40. The number of hydrogen-bond donors (Lipinski definition) is 0. The van der Waals surface area contributed by atoms with Crippen molar-refractivity contribution in [2.24, 2.45) is 0 Å². The van der Waals surface area contributed by atoms with Gasteiger partial charge in [0.1, 0.15) is 5.82 Å². The van der Waals surface area contributed by atoms with Crippen LogP contribution in [0.3, 0.4) is 0 Å². The molecule has 0 aromatic heterocycles. The van der Waals surface area contributed by atoms with Gasteiger partial charge in [0, 0.05) is 5.88 Å². The molecule has 1 aromatic carbocycles. The van der Waals surface area contributed by atoms with Gasteiger partial charge in [0.05, 0.1) is 17.6 Å².